The molecule has 1 fully saturated rings. The number of ether oxygens (including phenoxy) is 1. The van der Waals surface area contributed by atoms with E-state index in [9.17, 15) is 5.11 Å². The summed E-state index contributed by atoms with van der Waals surface area (Å²) >= 11 is 0. The van der Waals surface area contributed by atoms with Crippen LogP contribution >= 0.6 is 0 Å². The number of aliphatic hydroxyl groups excluding tert-OH is 1. The molecule has 1 aliphatic heterocycles. The van der Waals surface area contributed by atoms with Crippen LogP contribution < -0.4 is 4.74 Å². The molecule has 1 aromatic carbocycles. The van der Waals surface area contributed by atoms with Crippen LogP contribution in [0.25, 0.3) is 33.5 Å². The van der Waals surface area contributed by atoms with E-state index in [-0.39, 0.29) is 6.61 Å². The zero-order valence-electron chi connectivity index (χ0n) is 19.1. The Labute approximate surface area is 193 Å². The molecule has 1 atom stereocenters. The van der Waals surface area contributed by atoms with E-state index in [1.807, 2.05) is 36.7 Å². The van der Waals surface area contributed by atoms with Gasteiger partial charge in [0.2, 0.25) is 0 Å². The Balaban J connectivity index is 1.38. The van der Waals surface area contributed by atoms with Crippen molar-refractivity contribution < 1.29 is 9.84 Å². The minimum Gasteiger partial charge on any atom is -0.491 e. The fourth-order valence-corrected chi connectivity index (χ4v) is 4.37. The van der Waals surface area contributed by atoms with Crippen molar-refractivity contribution in [2.24, 2.45) is 0 Å². The highest BCUT2D eigenvalue weighted by molar-refractivity contribution is 5.91. The van der Waals surface area contributed by atoms with E-state index in [1.165, 1.54) is 0 Å². The maximum atomic E-state index is 9.39. The van der Waals surface area contributed by atoms with Crippen molar-refractivity contribution in [2.75, 3.05) is 26.2 Å². The lowest BCUT2D eigenvalue weighted by molar-refractivity contribution is 0.123. The number of nitrogens with one attached hydrogen (secondary N) is 1. The molecule has 1 aliphatic rings. The normalized spacial score (nSPS) is 16.3. The standard InChI is InChI=1S/C25H30N6O2/c1-3-30-10-8-20(9-11-30)31-15-19(12-28-31)22-13-26-25-24(22)29-23(14-27-25)18-4-6-21(7-5-18)33-16-17(2)32/h4-7,12-15,17,20,32H,3,8-11,16H2,1-2H3,(H,26,27)/t17-/m1/s1. The molecule has 0 saturated carbocycles. The summed E-state index contributed by atoms with van der Waals surface area (Å²) in [6, 6.07) is 8.13. The van der Waals surface area contributed by atoms with Crippen LogP contribution in [0.4, 0.5) is 0 Å². The summed E-state index contributed by atoms with van der Waals surface area (Å²) in [5.41, 5.74) is 5.40. The monoisotopic (exact) mass is 446 g/mol. The number of hydrogen-bond donors (Lipinski definition) is 2. The lowest BCUT2D eigenvalue weighted by Gasteiger charge is -2.31. The van der Waals surface area contributed by atoms with E-state index < -0.39 is 6.10 Å². The van der Waals surface area contributed by atoms with Crippen LogP contribution in [-0.4, -0.2) is 67.1 Å². The van der Waals surface area contributed by atoms with Crippen molar-refractivity contribution in [3.8, 4) is 28.1 Å². The molecule has 2 N–H and O–H groups in total. The molecule has 8 nitrogen and oxygen atoms in total. The first-order valence-electron chi connectivity index (χ1n) is 11.6. The van der Waals surface area contributed by atoms with Gasteiger partial charge in [-0.2, -0.15) is 5.10 Å². The van der Waals surface area contributed by atoms with E-state index in [0.717, 1.165) is 66.0 Å². The zero-order valence-corrected chi connectivity index (χ0v) is 19.1. The van der Waals surface area contributed by atoms with Crippen molar-refractivity contribution in [2.45, 2.75) is 38.8 Å². The number of likely N-dealkylation sites (tertiary alicyclic amines) is 1. The fraction of sp³-hybridized carbons (Fsp3) is 0.400. The SMILES string of the molecule is CCN1CCC(n2cc(-c3c[nH]c4ncc(-c5ccc(OC[C@@H](C)O)cc5)nc34)cn2)CC1. The van der Waals surface area contributed by atoms with Crippen LogP contribution in [0, 0.1) is 0 Å². The third-order valence-corrected chi connectivity index (χ3v) is 6.31. The lowest BCUT2D eigenvalue weighted by Crippen LogP contribution is -2.34. The molecule has 4 aromatic rings. The van der Waals surface area contributed by atoms with Gasteiger partial charge in [-0.15, -0.1) is 0 Å². The van der Waals surface area contributed by atoms with Gasteiger partial charge < -0.3 is 19.7 Å². The average Bonchev–Trinajstić information content (AvgIpc) is 3.50. The zero-order chi connectivity index (χ0) is 22.8. The fourth-order valence-electron chi connectivity index (χ4n) is 4.37. The molecule has 4 heterocycles. The molecule has 0 aliphatic carbocycles. The molecule has 33 heavy (non-hydrogen) atoms. The largest absolute Gasteiger partial charge is 0.491 e. The number of hydrogen-bond acceptors (Lipinski definition) is 6. The molecular formula is C25H30N6O2. The van der Waals surface area contributed by atoms with Crippen molar-refractivity contribution >= 4 is 11.2 Å². The quantitative estimate of drug-likeness (QED) is 0.447. The summed E-state index contributed by atoms with van der Waals surface area (Å²) in [6.45, 7) is 7.56. The van der Waals surface area contributed by atoms with Crippen LogP contribution in [0.1, 0.15) is 32.7 Å². The Morgan fingerprint density at radius 1 is 1.15 bits per heavy atom. The third-order valence-electron chi connectivity index (χ3n) is 6.31. The number of H-pyrrole nitrogens is 1. The topological polar surface area (TPSA) is 92.1 Å². The number of nitrogens with zero attached hydrogens (tertiary/aromatic N) is 5. The summed E-state index contributed by atoms with van der Waals surface area (Å²) in [6.07, 6.45) is 9.56. The molecule has 0 bridgehead atoms. The summed E-state index contributed by atoms with van der Waals surface area (Å²) < 4.78 is 7.67. The number of aromatic nitrogens is 5. The molecule has 0 unspecified atom stereocenters. The Hall–Kier alpha value is -3.23. The van der Waals surface area contributed by atoms with Gasteiger partial charge in [-0.3, -0.25) is 4.68 Å². The Morgan fingerprint density at radius 2 is 1.94 bits per heavy atom. The molecule has 172 valence electrons. The second-order valence-corrected chi connectivity index (χ2v) is 8.71. The highest BCUT2D eigenvalue weighted by atomic mass is 16.5. The first-order chi connectivity index (χ1) is 16.1. The van der Waals surface area contributed by atoms with Crippen molar-refractivity contribution in [1.82, 2.24) is 29.6 Å². The van der Waals surface area contributed by atoms with Crippen molar-refractivity contribution in [1.29, 1.82) is 0 Å². The van der Waals surface area contributed by atoms with Crippen LogP contribution in [0.15, 0.2) is 49.1 Å². The van der Waals surface area contributed by atoms with E-state index in [2.05, 4.69) is 37.8 Å². The number of benzene rings is 1. The van der Waals surface area contributed by atoms with Crippen LogP contribution in [0.5, 0.6) is 5.75 Å². The summed E-state index contributed by atoms with van der Waals surface area (Å²) in [5, 5.41) is 14.1. The van der Waals surface area contributed by atoms with E-state index in [0.29, 0.717) is 11.8 Å². The van der Waals surface area contributed by atoms with Crippen molar-refractivity contribution in [3.63, 3.8) is 0 Å². The van der Waals surface area contributed by atoms with E-state index in [1.54, 1.807) is 13.1 Å². The van der Waals surface area contributed by atoms with Gasteiger partial charge in [0.15, 0.2) is 5.65 Å². The lowest BCUT2D eigenvalue weighted by atomic mass is 10.1. The molecule has 0 radical (unpaired) electrons. The Kier molecular flexibility index (Phi) is 6.11. The van der Waals surface area contributed by atoms with Crippen LogP contribution in [-0.2, 0) is 0 Å². The number of rotatable bonds is 7. The number of aliphatic hydroxyl groups is 1. The minimum absolute atomic E-state index is 0.267. The van der Waals surface area contributed by atoms with Gasteiger partial charge in [-0.05, 0) is 50.6 Å². The van der Waals surface area contributed by atoms with Gasteiger partial charge in [0.1, 0.15) is 17.9 Å². The summed E-state index contributed by atoms with van der Waals surface area (Å²) in [4.78, 5) is 15.2. The van der Waals surface area contributed by atoms with E-state index in [4.69, 9.17) is 9.72 Å². The maximum Gasteiger partial charge on any atom is 0.156 e. The maximum absolute atomic E-state index is 9.39. The molecule has 1 saturated heterocycles. The second kappa shape index (κ2) is 9.33. The summed E-state index contributed by atoms with van der Waals surface area (Å²) in [7, 11) is 0. The van der Waals surface area contributed by atoms with E-state index >= 15 is 0 Å². The van der Waals surface area contributed by atoms with Gasteiger partial charge in [0.05, 0.1) is 30.2 Å². The second-order valence-electron chi connectivity index (χ2n) is 8.71. The number of piperidine rings is 1. The van der Waals surface area contributed by atoms with Crippen LogP contribution in [0.2, 0.25) is 0 Å². The highest BCUT2D eigenvalue weighted by Gasteiger charge is 2.21. The number of aromatic amines is 1. The highest BCUT2D eigenvalue weighted by Crippen LogP contribution is 2.30. The molecular weight excluding hydrogens is 416 g/mol. The predicted molar refractivity (Wildman–Crippen MR) is 128 cm³/mol. The van der Waals surface area contributed by atoms with Gasteiger partial charge in [-0.25, -0.2) is 9.97 Å². The smallest absolute Gasteiger partial charge is 0.156 e. The third kappa shape index (κ3) is 4.62. The molecule has 3 aromatic heterocycles. The van der Waals surface area contributed by atoms with Crippen molar-refractivity contribution in [3.05, 3.63) is 49.1 Å². The summed E-state index contributed by atoms with van der Waals surface area (Å²) in [5.74, 6) is 0.716. The molecule has 8 heteroatoms. The molecule has 0 amide bonds. The van der Waals surface area contributed by atoms with Gasteiger partial charge in [-0.1, -0.05) is 6.92 Å². The minimum atomic E-state index is -0.501. The van der Waals surface area contributed by atoms with Gasteiger partial charge in [0.25, 0.3) is 0 Å². The molecule has 0 spiro atoms. The van der Waals surface area contributed by atoms with Gasteiger partial charge >= 0.3 is 0 Å². The Morgan fingerprint density at radius 3 is 2.67 bits per heavy atom. The average molecular weight is 447 g/mol. The Bertz CT molecular complexity index is 1210. The number of fused-ring (bicyclic) bond motifs is 1. The molecule has 5 rings (SSSR count). The van der Waals surface area contributed by atoms with Crippen LogP contribution in [0.3, 0.4) is 0 Å². The van der Waals surface area contributed by atoms with Gasteiger partial charge in [0, 0.05) is 42.2 Å². The predicted octanol–water partition coefficient (Wildman–Crippen LogP) is 3.90. The first kappa shape index (κ1) is 21.6. The first-order valence-corrected chi connectivity index (χ1v) is 11.6.